The summed E-state index contributed by atoms with van der Waals surface area (Å²) < 4.78 is 6.89. The zero-order chi connectivity index (χ0) is 15.5. The quantitative estimate of drug-likeness (QED) is 0.882. The lowest BCUT2D eigenvalue weighted by Crippen LogP contribution is -2.26. The number of hydrogen-bond acceptors (Lipinski definition) is 4. The van der Waals surface area contributed by atoms with Crippen LogP contribution in [0.5, 0.6) is 0 Å². The Morgan fingerprint density at radius 1 is 1.32 bits per heavy atom. The summed E-state index contributed by atoms with van der Waals surface area (Å²) >= 11 is 0. The molecule has 0 unspecified atom stereocenters. The highest BCUT2D eigenvalue weighted by molar-refractivity contribution is 5.92. The summed E-state index contributed by atoms with van der Waals surface area (Å²) in [7, 11) is 0. The predicted molar refractivity (Wildman–Crippen MR) is 76.6 cm³/mol. The van der Waals surface area contributed by atoms with Crippen LogP contribution in [0.1, 0.15) is 58.5 Å². The third kappa shape index (κ3) is 2.88. The second-order valence-corrected chi connectivity index (χ2v) is 5.35. The van der Waals surface area contributed by atoms with Crippen molar-refractivity contribution < 1.29 is 19.1 Å². The molecule has 0 saturated heterocycles. The molecule has 0 aromatic carbocycles. The highest BCUT2D eigenvalue weighted by Crippen LogP contribution is 2.29. The minimum Gasteiger partial charge on any atom is -0.475 e. The Morgan fingerprint density at radius 2 is 2.09 bits per heavy atom. The molecule has 0 bridgehead atoms. The maximum absolute atomic E-state index is 12.3. The number of nitrogens with zero attached hydrogens (tertiary/aromatic N) is 2. The van der Waals surface area contributed by atoms with Crippen molar-refractivity contribution in [3.05, 3.63) is 41.6 Å². The molecule has 3 rings (SSSR count). The van der Waals surface area contributed by atoms with Gasteiger partial charge in [0.2, 0.25) is 5.76 Å². The van der Waals surface area contributed by atoms with Crippen LogP contribution >= 0.6 is 0 Å². The van der Waals surface area contributed by atoms with Crippen LogP contribution in [0, 0.1) is 0 Å². The molecule has 22 heavy (non-hydrogen) atoms. The molecule has 0 radical (unpaired) electrons. The number of furan rings is 1. The monoisotopic (exact) mass is 303 g/mol. The van der Waals surface area contributed by atoms with Gasteiger partial charge in [-0.15, -0.1) is 0 Å². The molecule has 0 aliphatic heterocycles. The molecule has 2 aromatic heterocycles. The van der Waals surface area contributed by atoms with Gasteiger partial charge in [0.1, 0.15) is 11.5 Å². The van der Waals surface area contributed by atoms with E-state index in [1.807, 2.05) is 0 Å². The first-order valence-electron chi connectivity index (χ1n) is 7.29. The fourth-order valence-corrected chi connectivity index (χ4v) is 2.78. The second kappa shape index (κ2) is 6.05. The van der Waals surface area contributed by atoms with E-state index in [4.69, 9.17) is 9.52 Å². The molecule has 2 heterocycles. The van der Waals surface area contributed by atoms with Gasteiger partial charge in [0, 0.05) is 6.20 Å². The number of hydrogen-bond donors (Lipinski definition) is 2. The van der Waals surface area contributed by atoms with Crippen molar-refractivity contribution >= 4 is 11.9 Å². The maximum atomic E-state index is 12.3. The first-order valence-corrected chi connectivity index (χ1v) is 7.29. The summed E-state index contributed by atoms with van der Waals surface area (Å²) in [6.07, 6.45) is 6.04. The molecule has 1 saturated carbocycles. The zero-order valence-corrected chi connectivity index (χ0v) is 12.0. The molecule has 7 heteroatoms. The van der Waals surface area contributed by atoms with Crippen molar-refractivity contribution in [1.29, 1.82) is 0 Å². The topological polar surface area (TPSA) is 97.4 Å². The average molecular weight is 303 g/mol. The molecular formula is C15H17N3O4. The van der Waals surface area contributed by atoms with Gasteiger partial charge in [-0.1, -0.05) is 12.8 Å². The van der Waals surface area contributed by atoms with E-state index in [1.54, 1.807) is 16.9 Å². The number of rotatable bonds is 5. The number of aromatic nitrogens is 2. The molecule has 2 N–H and O–H groups in total. The van der Waals surface area contributed by atoms with Gasteiger partial charge < -0.3 is 14.8 Å². The minimum absolute atomic E-state index is 0.139. The van der Waals surface area contributed by atoms with E-state index < -0.39 is 5.97 Å². The Kier molecular flexibility index (Phi) is 3.95. The van der Waals surface area contributed by atoms with Crippen molar-refractivity contribution in [1.82, 2.24) is 15.1 Å². The molecule has 1 fully saturated rings. The molecular weight excluding hydrogens is 286 g/mol. The van der Waals surface area contributed by atoms with Crippen LogP contribution in [0.3, 0.4) is 0 Å². The van der Waals surface area contributed by atoms with E-state index in [9.17, 15) is 9.59 Å². The Bertz CT molecular complexity index is 683. The van der Waals surface area contributed by atoms with Crippen molar-refractivity contribution in [3.63, 3.8) is 0 Å². The largest absolute Gasteiger partial charge is 0.475 e. The van der Waals surface area contributed by atoms with E-state index in [-0.39, 0.29) is 24.3 Å². The van der Waals surface area contributed by atoms with Crippen molar-refractivity contribution in [2.75, 3.05) is 0 Å². The molecule has 7 nitrogen and oxygen atoms in total. The van der Waals surface area contributed by atoms with Gasteiger partial charge >= 0.3 is 5.97 Å². The van der Waals surface area contributed by atoms with Crippen LogP contribution in [0.2, 0.25) is 0 Å². The average Bonchev–Trinajstić information content (AvgIpc) is 3.23. The summed E-state index contributed by atoms with van der Waals surface area (Å²) in [6, 6.07) is 4.89. The van der Waals surface area contributed by atoms with Gasteiger partial charge in [-0.3, -0.25) is 9.48 Å². The fraction of sp³-hybridized carbons (Fsp3) is 0.400. The van der Waals surface area contributed by atoms with E-state index in [1.165, 1.54) is 12.1 Å². The van der Waals surface area contributed by atoms with Gasteiger partial charge in [0.05, 0.1) is 12.6 Å². The molecule has 0 spiro atoms. The number of carbonyl (C=O) groups is 2. The first kappa shape index (κ1) is 14.4. The van der Waals surface area contributed by atoms with Crippen LogP contribution < -0.4 is 5.32 Å². The standard InChI is InChI=1S/C15H17N3O4/c19-14(16-9-11-5-6-13(22-11)15(20)21)12-7-8-17-18(12)10-3-1-2-4-10/h5-8,10H,1-4,9H2,(H,16,19)(H,20,21). The fourth-order valence-electron chi connectivity index (χ4n) is 2.78. The number of carboxylic acid groups (broad SMARTS) is 1. The smallest absolute Gasteiger partial charge is 0.371 e. The number of carbonyl (C=O) groups excluding carboxylic acids is 1. The lowest BCUT2D eigenvalue weighted by atomic mass is 10.2. The van der Waals surface area contributed by atoms with Crippen LogP contribution in [-0.2, 0) is 6.54 Å². The number of carboxylic acids is 1. The normalized spacial score (nSPS) is 15.1. The SMILES string of the molecule is O=C(O)c1ccc(CNC(=O)c2ccnn2C2CCCC2)o1. The second-order valence-electron chi connectivity index (χ2n) is 5.35. The summed E-state index contributed by atoms with van der Waals surface area (Å²) in [4.78, 5) is 23.0. The van der Waals surface area contributed by atoms with Gasteiger partial charge in [0.15, 0.2) is 0 Å². The zero-order valence-electron chi connectivity index (χ0n) is 12.0. The summed E-state index contributed by atoms with van der Waals surface area (Å²) in [5, 5.41) is 15.8. The highest BCUT2D eigenvalue weighted by Gasteiger charge is 2.22. The van der Waals surface area contributed by atoms with Gasteiger partial charge in [-0.25, -0.2) is 4.79 Å². The van der Waals surface area contributed by atoms with Gasteiger partial charge in [-0.05, 0) is 31.0 Å². The summed E-state index contributed by atoms with van der Waals surface area (Å²) in [5.74, 6) is -1.10. The van der Waals surface area contributed by atoms with Crippen LogP contribution in [-0.4, -0.2) is 26.8 Å². The molecule has 1 aliphatic carbocycles. The van der Waals surface area contributed by atoms with E-state index in [2.05, 4.69) is 10.4 Å². The number of nitrogens with one attached hydrogen (secondary N) is 1. The summed E-state index contributed by atoms with van der Waals surface area (Å²) in [6.45, 7) is 0.141. The maximum Gasteiger partial charge on any atom is 0.371 e. The Morgan fingerprint density at radius 3 is 2.77 bits per heavy atom. The van der Waals surface area contributed by atoms with Gasteiger partial charge in [-0.2, -0.15) is 5.10 Å². The van der Waals surface area contributed by atoms with E-state index in [0.29, 0.717) is 11.5 Å². The Balaban J connectivity index is 1.64. The van der Waals surface area contributed by atoms with Crippen molar-refractivity contribution in [3.8, 4) is 0 Å². The molecule has 2 aromatic rings. The lowest BCUT2D eigenvalue weighted by molar-refractivity contribution is 0.0660. The van der Waals surface area contributed by atoms with Gasteiger partial charge in [0.25, 0.3) is 5.91 Å². The van der Waals surface area contributed by atoms with E-state index >= 15 is 0 Å². The molecule has 116 valence electrons. The highest BCUT2D eigenvalue weighted by atomic mass is 16.4. The van der Waals surface area contributed by atoms with E-state index in [0.717, 1.165) is 25.7 Å². The number of aromatic carboxylic acids is 1. The van der Waals surface area contributed by atoms with Crippen LogP contribution in [0.15, 0.2) is 28.8 Å². The Labute approximate surface area is 126 Å². The number of amides is 1. The molecule has 0 atom stereocenters. The Hall–Kier alpha value is -2.57. The third-order valence-corrected chi connectivity index (χ3v) is 3.87. The summed E-state index contributed by atoms with van der Waals surface area (Å²) in [5.41, 5.74) is 0.525. The molecule has 1 aliphatic rings. The first-order chi connectivity index (χ1) is 10.6. The van der Waals surface area contributed by atoms with Crippen LogP contribution in [0.4, 0.5) is 0 Å². The van der Waals surface area contributed by atoms with Crippen molar-refractivity contribution in [2.24, 2.45) is 0 Å². The van der Waals surface area contributed by atoms with Crippen LogP contribution in [0.25, 0.3) is 0 Å². The van der Waals surface area contributed by atoms with Crippen molar-refractivity contribution in [2.45, 2.75) is 38.3 Å². The molecule has 1 amide bonds. The lowest BCUT2D eigenvalue weighted by Gasteiger charge is -2.13. The minimum atomic E-state index is -1.13. The third-order valence-electron chi connectivity index (χ3n) is 3.87. The predicted octanol–water partition coefficient (Wildman–Crippen LogP) is 2.22.